The first-order valence-electron chi connectivity index (χ1n) is 11.2. The van der Waals surface area contributed by atoms with E-state index in [1.807, 2.05) is 32.0 Å². The van der Waals surface area contributed by atoms with Gasteiger partial charge in [-0.25, -0.2) is 9.78 Å². The van der Waals surface area contributed by atoms with E-state index in [0.717, 1.165) is 33.3 Å². The zero-order valence-corrected chi connectivity index (χ0v) is 21.0. The predicted molar refractivity (Wildman–Crippen MR) is 138 cm³/mol. The van der Waals surface area contributed by atoms with E-state index in [9.17, 15) is 9.59 Å². The summed E-state index contributed by atoms with van der Waals surface area (Å²) in [6.07, 6.45) is 0. The summed E-state index contributed by atoms with van der Waals surface area (Å²) in [6, 6.07) is 14.1. The van der Waals surface area contributed by atoms with Gasteiger partial charge < -0.3 is 20.1 Å². The lowest BCUT2D eigenvalue weighted by molar-refractivity contribution is 0.0951. The SMILES string of the molecule is COc1ccc(CNC(=O)c2ccc(NC(=O)N3CCSc4nc(C)cc(C)c43)cc2)cc1OC. The number of hydrogen-bond donors (Lipinski definition) is 2. The average Bonchev–Trinajstić information content (AvgIpc) is 2.86. The number of fused-ring (bicyclic) bond motifs is 1. The Balaban J connectivity index is 1.38. The number of nitrogens with one attached hydrogen (secondary N) is 2. The molecule has 0 atom stereocenters. The van der Waals surface area contributed by atoms with Crippen LogP contribution >= 0.6 is 11.8 Å². The molecular formula is C26H28N4O4S. The molecule has 2 N–H and O–H groups in total. The Kier molecular flexibility index (Phi) is 7.45. The molecule has 8 nitrogen and oxygen atoms in total. The van der Waals surface area contributed by atoms with Crippen molar-refractivity contribution < 1.29 is 19.1 Å². The highest BCUT2D eigenvalue weighted by molar-refractivity contribution is 7.99. The van der Waals surface area contributed by atoms with Gasteiger partial charge in [-0.3, -0.25) is 9.69 Å². The molecule has 4 rings (SSSR count). The summed E-state index contributed by atoms with van der Waals surface area (Å²) in [5.74, 6) is 1.82. The Morgan fingerprint density at radius 2 is 1.77 bits per heavy atom. The molecule has 0 fully saturated rings. The smallest absolute Gasteiger partial charge is 0.326 e. The summed E-state index contributed by atoms with van der Waals surface area (Å²) >= 11 is 1.67. The molecule has 1 aliphatic heterocycles. The van der Waals surface area contributed by atoms with E-state index in [4.69, 9.17) is 9.47 Å². The Labute approximate surface area is 209 Å². The van der Waals surface area contributed by atoms with Gasteiger partial charge in [0.05, 0.1) is 19.9 Å². The maximum Gasteiger partial charge on any atom is 0.326 e. The van der Waals surface area contributed by atoms with Gasteiger partial charge in [-0.1, -0.05) is 6.07 Å². The second-order valence-electron chi connectivity index (χ2n) is 8.11. The standard InChI is InChI=1S/C26H28N4O4S/c1-16-13-17(2)28-25-23(16)30(11-12-35-25)26(32)29-20-8-6-19(7-9-20)24(31)27-15-18-5-10-21(33-3)22(14-18)34-4/h5-10,13-14H,11-12,15H2,1-4H3,(H,27,31)(H,29,32). The van der Waals surface area contributed by atoms with Crippen molar-refractivity contribution in [2.45, 2.75) is 25.4 Å². The van der Waals surface area contributed by atoms with Crippen LogP contribution in [0.1, 0.15) is 27.2 Å². The number of benzene rings is 2. The average molecular weight is 493 g/mol. The van der Waals surface area contributed by atoms with Crippen LogP contribution in [-0.4, -0.2) is 43.4 Å². The molecule has 3 aromatic rings. The lowest BCUT2D eigenvalue weighted by Crippen LogP contribution is -2.39. The van der Waals surface area contributed by atoms with Crippen molar-refractivity contribution in [2.75, 3.05) is 36.7 Å². The molecule has 0 radical (unpaired) electrons. The first-order chi connectivity index (χ1) is 16.9. The summed E-state index contributed by atoms with van der Waals surface area (Å²) in [5, 5.41) is 6.71. The van der Waals surface area contributed by atoms with E-state index in [0.29, 0.717) is 35.8 Å². The lowest BCUT2D eigenvalue weighted by Gasteiger charge is -2.30. The maximum atomic E-state index is 13.0. The highest BCUT2D eigenvalue weighted by Gasteiger charge is 2.26. The number of amides is 3. The summed E-state index contributed by atoms with van der Waals surface area (Å²) in [6.45, 7) is 4.90. The molecule has 1 aliphatic rings. The Morgan fingerprint density at radius 3 is 2.49 bits per heavy atom. The fourth-order valence-electron chi connectivity index (χ4n) is 3.94. The van der Waals surface area contributed by atoms with Gasteiger partial charge in [0.15, 0.2) is 11.5 Å². The van der Waals surface area contributed by atoms with Gasteiger partial charge in [0.2, 0.25) is 0 Å². The highest BCUT2D eigenvalue weighted by atomic mass is 32.2. The van der Waals surface area contributed by atoms with E-state index in [1.165, 1.54) is 0 Å². The zero-order valence-electron chi connectivity index (χ0n) is 20.2. The van der Waals surface area contributed by atoms with Gasteiger partial charge in [0.1, 0.15) is 5.03 Å². The number of pyridine rings is 1. The lowest BCUT2D eigenvalue weighted by atomic mass is 10.1. The van der Waals surface area contributed by atoms with E-state index < -0.39 is 0 Å². The van der Waals surface area contributed by atoms with Gasteiger partial charge in [0.25, 0.3) is 5.91 Å². The third kappa shape index (κ3) is 5.51. The van der Waals surface area contributed by atoms with Crippen molar-refractivity contribution in [3.63, 3.8) is 0 Å². The number of carbonyl (C=O) groups is 2. The number of thioether (sulfide) groups is 1. The minimum atomic E-state index is -0.217. The molecule has 0 unspecified atom stereocenters. The summed E-state index contributed by atoms with van der Waals surface area (Å²) in [4.78, 5) is 31.9. The van der Waals surface area contributed by atoms with Crippen LogP contribution in [0.5, 0.6) is 11.5 Å². The molecule has 3 amide bonds. The number of rotatable bonds is 6. The van der Waals surface area contributed by atoms with E-state index in [2.05, 4.69) is 15.6 Å². The number of urea groups is 1. The van der Waals surface area contributed by atoms with Crippen LogP contribution < -0.4 is 25.0 Å². The van der Waals surface area contributed by atoms with Crippen molar-refractivity contribution in [3.8, 4) is 11.5 Å². The summed E-state index contributed by atoms with van der Waals surface area (Å²) < 4.78 is 10.5. The van der Waals surface area contributed by atoms with Crippen molar-refractivity contribution in [3.05, 3.63) is 70.9 Å². The van der Waals surface area contributed by atoms with Crippen LogP contribution in [0.2, 0.25) is 0 Å². The molecular weight excluding hydrogens is 464 g/mol. The second kappa shape index (κ2) is 10.7. The van der Waals surface area contributed by atoms with Gasteiger partial charge in [-0.2, -0.15) is 0 Å². The monoisotopic (exact) mass is 492 g/mol. The van der Waals surface area contributed by atoms with Crippen LogP contribution in [0.25, 0.3) is 0 Å². The first kappa shape index (κ1) is 24.4. The number of carbonyl (C=O) groups excluding carboxylic acids is 2. The number of aromatic nitrogens is 1. The molecule has 0 saturated carbocycles. The first-order valence-corrected chi connectivity index (χ1v) is 12.2. The van der Waals surface area contributed by atoms with Gasteiger partial charge in [0, 0.05) is 35.8 Å². The Morgan fingerprint density at radius 1 is 1.03 bits per heavy atom. The van der Waals surface area contributed by atoms with Crippen LogP contribution in [0.3, 0.4) is 0 Å². The quantitative estimate of drug-likeness (QED) is 0.514. The topological polar surface area (TPSA) is 92.8 Å². The number of hydrogen-bond acceptors (Lipinski definition) is 6. The van der Waals surface area contributed by atoms with Crippen molar-refractivity contribution in [2.24, 2.45) is 0 Å². The molecule has 182 valence electrons. The summed E-state index contributed by atoms with van der Waals surface area (Å²) in [7, 11) is 3.15. The Hall–Kier alpha value is -3.72. The molecule has 2 aromatic carbocycles. The molecule has 0 aliphatic carbocycles. The highest BCUT2D eigenvalue weighted by Crippen LogP contribution is 2.36. The van der Waals surface area contributed by atoms with Crippen LogP contribution in [0.15, 0.2) is 53.6 Å². The number of aryl methyl sites for hydroxylation is 2. The Bertz CT molecular complexity index is 1250. The van der Waals surface area contributed by atoms with E-state index in [1.54, 1.807) is 61.2 Å². The normalized spacial score (nSPS) is 12.5. The third-order valence-corrected chi connectivity index (χ3v) is 6.59. The van der Waals surface area contributed by atoms with Crippen LogP contribution in [0, 0.1) is 13.8 Å². The summed E-state index contributed by atoms with van der Waals surface area (Å²) in [5.41, 5.74) is 4.82. The van der Waals surface area contributed by atoms with E-state index in [-0.39, 0.29) is 11.9 Å². The zero-order chi connectivity index (χ0) is 24.9. The third-order valence-electron chi connectivity index (χ3n) is 5.65. The minimum absolute atomic E-state index is 0.211. The molecule has 35 heavy (non-hydrogen) atoms. The number of ether oxygens (including phenoxy) is 2. The molecule has 0 bridgehead atoms. The van der Waals surface area contributed by atoms with Crippen molar-refractivity contribution in [1.29, 1.82) is 0 Å². The maximum absolute atomic E-state index is 13.0. The molecule has 0 saturated heterocycles. The van der Waals surface area contributed by atoms with Crippen LogP contribution in [-0.2, 0) is 6.54 Å². The minimum Gasteiger partial charge on any atom is -0.493 e. The molecule has 2 heterocycles. The second-order valence-corrected chi connectivity index (χ2v) is 9.20. The number of anilines is 2. The largest absolute Gasteiger partial charge is 0.493 e. The van der Waals surface area contributed by atoms with Crippen molar-refractivity contribution in [1.82, 2.24) is 10.3 Å². The van der Waals surface area contributed by atoms with Crippen molar-refractivity contribution >= 4 is 35.1 Å². The fraction of sp³-hybridized carbons (Fsp3) is 0.269. The van der Waals surface area contributed by atoms with Gasteiger partial charge >= 0.3 is 6.03 Å². The van der Waals surface area contributed by atoms with E-state index >= 15 is 0 Å². The van der Waals surface area contributed by atoms with Gasteiger partial charge in [-0.05, 0) is 67.4 Å². The number of nitrogens with zero attached hydrogens (tertiary/aromatic N) is 2. The number of methoxy groups -OCH3 is 2. The fourth-order valence-corrected chi connectivity index (χ4v) is 5.03. The molecule has 9 heteroatoms. The van der Waals surface area contributed by atoms with Gasteiger partial charge in [-0.15, -0.1) is 11.8 Å². The van der Waals surface area contributed by atoms with Crippen LogP contribution in [0.4, 0.5) is 16.2 Å². The molecule has 0 spiro atoms. The molecule has 1 aromatic heterocycles. The predicted octanol–water partition coefficient (Wildman–Crippen LogP) is 4.79.